The largest absolute Gasteiger partial charge is 0.473 e. The Kier molecular flexibility index (Phi) is 9.69. The van der Waals surface area contributed by atoms with Crippen molar-refractivity contribution in [2.45, 2.75) is 45.2 Å². The van der Waals surface area contributed by atoms with Crippen molar-refractivity contribution in [1.29, 1.82) is 0 Å². The second kappa shape index (κ2) is 11.5. The molecule has 2 unspecified atom stereocenters. The van der Waals surface area contributed by atoms with Crippen LogP contribution in [0.25, 0.3) is 0 Å². The van der Waals surface area contributed by atoms with Gasteiger partial charge >= 0.3 is 11.9 Å². The van der Waals surface area contributed by atoms with E-state index in [0.29, 0.717) is 6.04 Å². The number of rotatable bonds is 6. The number of benzene rings is 1. The van der Waals surface area contributed by atoms with Gasteiger partial charge in [0.05, 0.1) is 0 Å². The number of para-hydroxylation sites is 1. The molecule has 1 aromatic carbocycles. The molecular formula is C19H31N3O4. The van der Waals surface area contributed by atoms with Gasteiger partial charge in [0.25, 0.3) is 0 Å². The molecule has 4 N–H and O–H groups in total. The summed E-state index contributed by atoms with van der Waals surface area (Å²) < 4.78 is 0. The van der Waals surface area contributed by atoms with Gasteiger partial charge in [-0.1, -0.05) is 38.0 Å². The van der Waals surface area contributed by atoms with Crippen LogP contribution in [0.2, 0.25) is 0 Å². The van der Waals surface area contributed by atoms with Crippen molar-refractivity contribution in [3.8, 4) is 0 Å². The number of hydrogen-bond donors (Lipinski definition) is 3. The highest BCUT2D eigenvalue weighted by molar-refractivity contribution is 6.27. The Labute approximate surface area is 155 Å². The van der Waals surface area contributed by atoms with Crippen LogP contribution in [0.3, 0.4) is 0 Å². The number of aliphatic carboxylic acids is 2. The average Bonchev–Trinajstić information content (AvgIpc) is 2.61. The van der Waals surface area contributed by atoms with Crippen molar-refractivity contribution in [2.24, 2.45) is 5.73 Å². The molecule has 0 aliphatic carbocycles. The molecule has 0 aromatic heterocycles. The summed E-state index contributed by atoms with van der Waals surface area (Å²) in [4.78, 5) is 23.3. The van der Waals surface area contributed by atoms with Crippen molar-refractivity contribution in [1.82, 2.24) is 4.90 Å². The van der Waals surface area contributed by atoms with Gasteiger partial charge in [-0.05, 0) is 25.5 Å². The molecule has 146 valence electrons. The lowest BCUT2D eigenvalue weighted by molar-refractivity contribution is -0.159. The monoisotopic (exact) mass is 365 g/mol. The number of carbonyl (C=O) groups is 2. The molecule has 2 rings (SSSR count). The van der Waals surface area contributed by atoms with E-state index in [9.17, 15) is 0 Å². The van der Waals surface area contributed by atoms with E-state index in [2.05, 4.69) is 54.0 Å². The van der Waals surface area contributed by atoms with E-state index in [1.807, 2.05) is 0 Å². The first-order valence-electron chi connectivity index (χ1n) is 9.11. The fraction of sp³-hybridized carbons (Fsp3) is 0.579. The molecule has 2 atom stereocenters. The number of nitrogens with two attached hydrogens (primary N) is 1. The Bertz CT molecular complexity index is 539. The summed E-state index contributed by atoms with van der Waals surface area (Å²) >= 11 is 0. The molecule has 0 amide bonds. The van der Waals surface area contributed by atoms with Crippen molar-refractivity contribution in [3.05, 3.63) is 30.3 Å². The summed E-state index contributed by atoms with van der Waals surface area (Å²) in [6.45, 7) is 8.78. The minimum Gasteiger partial charge on any atom is -0.473 e. The van der Waals surface area contributed by atoms with Crippen LogP contribution in [-0.2, 0) is 9.59 Å². The SMILES string of the molecule is CCCCC1CN(c2ccccc2)CCN1CC(C)N.O=C(O)C(=O)O. The van der Waals surface area contributed by atoms with Crippen LogP contribution in [0, 0.1) is 0 Å². The lowest BCUT2D eigenvalue weighted by Crippen LogP contribution is -2.55. The smallest absolute Gasteiger partial charge is 0.414 e. The molecule has 1 fully saturated rings. The maximum atomic E-state index is 9.10. The van der Waals surface area contributed by atoms with Crippen LogP contribution in [-0.4, -0.2) is 65.3 Å². The van der Waals surface area contributed by atoms with Crippen LogP contribution >= 0.6 is 0 Å². The maximum Gasteiger partial charge on any atom is 0.414 e. The van der Waals surface area contributed by atoms with E-state index in [0.717, 1.165) is 26.2 Å². The predicted octanol–water partition coefficient (Wildman–Crippen LogP) is 1.87. The van der Waals surface area contributed by atoms with Gasteiger partial charge in [-0.3, -0.25) is 4.90 Å². The molecular weight excluding hydrogens is 334 g/mol. The number of unbranched alkanes of at least 4 members (excludes halogenated alkanes) is 1. The normalized spacial score (nSPS) is 18.6. The number of piperazine rings is 1. The molecule has 1 heterocycles. The molecule has 0 spiro atoms. The van der Waals surface area contributed by atoms with E-state index in [1.54, 1.807) is 0 Å². The quantitative estimate of drug-likeness (QED) is 0.661. The van der Waals surface area contributed by atoms with Crippen LogP contribution < -0.4 is 10.6 Å². The van der Waals surface area contributed by atoms with Crippen molar-refractivity contribution in [3.63, 3.8) is 0 Å². The number of anilines is 1. The highest BCUT2D eigenvalue weighted by Gasteiger charge is 2.26. The van der Waals surface area contributed by atoms with Crippen molar-refractivity contribution >= 4 is 17.6 Å². The van der Waals surface area contributed by atoms with Gasteiger partial charge in [-0.2, -0.15) is 0 Å². The second-order valence-electron chi connectivity index (χ2n) is 6.66. The van der Waals surface area contributed by atoms with Gasteiger partial charge in [0.2, 0.25) is 0 Å². The Morgan fingerprint density at radius 3 is 2.31 bits per heavy atom. The topological polar surface area (TPSA) is 107 Å². The Morgan fingerprint density at radius 1 is 1.19 bits per heavy atom. The first kappa shape index (κ1) is 21.9. The minimum absolute atomic E-state index is 0.266. The average molecular weight is 365 g/mol. The molecule has 0 bridgehead atoms. The third-order valence-electron chi connectivity index (χ3n) is 4.32. The van der Waals surface area contributed by atoms with Gasteiger partial charge in [0.15, 0.2) is 0 Å². The van der Waals surface area contributed by atoms with Crippen molar-refractivity contribution in [2.75, 3.05) is 31.1 Å². The van der Waals surface area contributed by atoms with E-state index >= 15 is 0 Å². The summed E-state index contributed by atoms with van der Waals surface area (Å²) in [5, 5.41) is 14.8. The van der Waals surface area contributed by atoms with Gasteiger partial charge < -0.3 is 20.8 Å². The first-order chi connectivity index (χ1) is 12.3. The van der Waals surface area contributed by atoms with E-state index in [1.165, 1.54) is 24.9 Å². The molecule has 0 saturated carbocycles. The van der Waals surface area contributed by atoms with E-state index in [-0.39, 0.29) is 6.04 Å². The van der Waals surface area contributed by atoms with Crippen LogP contribution in [0.15, 0.2) is 30.3 Å². The van der Waals surface area contributed by atoms with E-state index < -0.39 is 11.9 Å². The Hall–Kier alpha value is -2.12. The summed E-state index contributed by atoms with van der Waals surface area (Å²) in [6.07, 6.45) is 3.86. The molecule has 1 saturated heterocycles. The third-order valence-corrected chi connectivity index (χ3v) is 4.32. The van der Waals surface area contributed by atoms with Crippen molar-refractivity contribution < 1.29 is 19.8 Å². The maximum absolute atomic E-state index is 9.10. The summed E-state index contributed by atoms with van der Waals surface area (Å²) in [5.74, 6) is -3.65. The zero-order valence-electron chi connectivity index (χ0n) is 15.7. The number of nitrogens with zero attached hydrogens (tertiary/aromatic N) is 2. The lowest BCUT2D eigenvalue weighted by Gasteiger charge is -2.43. The number of carboxylic acids is 2. The Morgan fingerprint density at radius 2 is 1.81 bits per heavy atom. The summed E-state index contributed by atoms with van der Waals surface area (Å²) in [6, 6.07) is 11.7. The minimum atomic E-state index is -1.82. The third kappa shape index (κ3) is 7.84. The fourth-order valence-corrected chi connectivity index (χ4v) is 3.09. The van der Waals surface area contributed by atoms with Gasteiger partial charge in [-0.15, -0.1) is 0 Å². The molecule has 26 heavy (non-hydrogen) atoms. The standard InChI is InChI=1S/C17H29N3.C2H2O4/c1-3-4-8-17-14-20(16-9-6-5-7-10-16)12-11-19(17)13-15(2)18;3-1(4)2(5)6/h5-7,9-10,15,17H,3-4,8,11-14,18H2,1-2H3;(H,3,4)(H,5,6). The highest BCUT2D eigenvalue weighted by atomic mass is 16.4. The van der Waals surface area contributed by atoms with Gasteiger partial charge in [0.1, 0.15) is 0 Å². The lowest BCUT2D eigenvalue weighted by atomic mass is 10.0. The zero-order valence-corrected chi connectivity index (χ0v) is 15.7. The van der Waals surface area contributed by atoms with Gasteiger partial charge in [0, 0.05) is 44.0 Å². The zero-order chi connectivity index (χ0) is 19.5. The number of carboxylic acid groups (broad SMARTS) is 2. The van der Waals surface area contributed by atoms with Gasteiger partial charge in [-0.25, -0.2) is 9.59 Å². The molecule has 1 aliphatic heterocycles. The van der Waals surface area contributed by atoms with Crippen LogP contribution in [0.1, 0.15) is 33.1 Å². The summed E-state index contributed by atoms with van der Waals surface area (Å²) in [5.41, 5.74) is 7.36. The molecule has 1 aromatic rings. The van der Waals surface area contributed by atoms with Crippen LogP contribution in [0.5, 0.6) is 0 Å². The number of hydrogen-bond acceptors (Lipinski definition) is 5. The molecule has 7 nitrogen and oxygen atoms in total. The molecule has 7 heteroatoms. The fourth-order valence-electron chi connectivity index (χ4n) is 3.09. The van der Waals surface area contributed by atoms with Crippen LogP contribution in [0.4, 0.5) is 5.69 Å². The first-order valence-corrected chi connectivity index (χ1v) is 9.11. The Balaban J connectivity index is 0.000000487. The molecule has 0 radical (unpaired) electrons. The molecule has 1 aliphatic rings. The predicted molar refractivity (Wildman–Crippen MR) is 102 cm³/mol. The van der Waals surface area contributed by atoms with E-state index in [4.69, 9.17) is 25.5 Å². The highest BCUT2D eigenvalue weighted by Crippen LogP contribution is 2.21. The second-order valence-corrected chi connectivity index (χ2v) is 6.66. The summed E-state index contributed by atoms with van der Waals surface area (Å²) in [7, 11) is 0.